The number of carbonyl (C=O) groups is 1. The number of rotatable bonds is 2. The number of aromatic nitrogens is 1. The van der Waals surface area contributed by atoms with Crippen molar-refractivity contribution < 1.29 is 14.3 Å². The van der Waals surface area contributed by atoms with E-state index in [2.05, 4.69) is 4.98 Å². The van der Waals surface area contributed by atoms with Crippen molar-refractivity contribution in [3.8, 4) is 22.8 Å². The second kappa shape index (κ2) is 4.98. The van der Waals surface area contributed by atoms with E-state index in [4.69, 9.17) is 15.2 Å². The summed E-state index contributed by atoms with van der Waals surface area (Å²) in [7, 11) is 0. The lowest BCUT2D eigenvalue weighted by Gasteiger charge is -2.09. The van der Waals surface area contributed by atoms with Gasteiger partial charge in [0.15, 0.2) is 11.5 Å². The molecule has 1 aliphatic heterocycles. The predicted octanol–water partition coefficient (Wildman–Crippen LogP) is 3.04. The molecule has 0 spiro atoms. The molecule has 5 heteroatoms. The molecule has 1 aliphatic rings. The minimum atomic E-state index is -0.468. The summed E-state index contributed by atoms with van der Waals surface area (Å²) >= 11 is 0. The molecular formula is C18H14N2O3. The third-order valence-electron chi connectivity index (χ3n) is 3.90. The van der Waals surface area contributed by atoms with Crippen molar-refractivity contribution in [3.63, 3.8) is 0 Å². The van der Waals surface area contributed by atoms with Crippen LogP contribution in [-0.4, -0.2) is 17.7 Å². The SMILES string of the molecule is Cc1ccc2nc(-c3ccc4c(c3)OCO4)cc(C(N)=O)c2c1. The van der Waals surface area contributed by atoms with Gasteiger partial charge in [0.2, 0.25) is 12.7 Å². The van der Waals surface area contributed by atoms with Gasteiger partial charge in [-0.05, 0) is 43.3 Å². The standard InChI is InChI=1S/C18H14N2O3/c1-10-2-4-14-12(6-10)13(18(19)21)8-15(20-14)11-3-5-16-17(7-11)23-9-22-16/h2-8H,9H2,1H3,(H2,19,21). The van der Waals surface area contributed by atoms with Gasteiger partial charge in [0.05, 0.1) is 16.8 Å². The quantitative estimate of drug-likeness (QED) is 0.789. The molecule has 0 atom stereocenters. The summed E-state index contributed by atoms with van der Waals surface area (Å²) in [5.74, 6) is 0.916. The summed E-state index contributed by atoms with van der Waals surface area (Å²) in [6.07, 6.45) is 0. The first-order valence-corrected chi connectivity index (χ1v) is 7.23. The number of nitrogens with zero attached hydrogens (tertiary/aromatic N) is 1. The number of ether oxygens (including phenoxy) is 2. The highest BCUT2D eigenvalue weighted by atomic mass is 16.7. The Bertz CT molecular complexity index is 950. The van der Waals surface area contributed by atoms with E-state index in [1.165, 1.54) is 0 Å². The highest BCUT2D eigenvalue weighted by molar-refractivity contribution is 6.06. The molecule has 1 aromatic heterocycles. The van der Waals surface area contributed by atoms with Crippen molar-refractivity contribution in [3.05, 3.63) is 53.6 Å². The lowest BCUT2D eigenvalue weighted by Crippen LogP contribution is -2.12. The maximum absolute atomic E-state index is 11.8. The fraction of sp³-hybridized carbons (Fsp3) is 0.111. The van der Waals surface area contributed by atoms with E-state index in [1.807, 2.05) is 43.3 Å². The number of carbonyl (C=O) groups excluding carboxylic acids is 1. The van der Waals surface area contributed by atoms with Gasteiger partial charge in [0, 0.05) is 10.9 Å². The number of nitrogens with two attached hydrogens (primary N) is 1. The molecule has 1 amide bonds. The van der Waals surface area contributed by atoms with Crippen molar-refractivity contribution in [2.45, 2.75) is 6.92 Å². The monoisotopic (exact) mass is 306 g/mol. The summed E-state index contributed by atoms with van der Waals surface area (Å²) in [6, 6.07) is 13.1. The number of hydrogen-bond donors (Lipinski definition) is 1. The van der Waals surface area contributed by atoms with Crippen LogP contribution in [0.3, 0.4) is 0 Å². The number of fused-ring (bicyclic) bond motifs is 2. The van der Waals surface area contributed by atoms with E-state index in [1.54, 1.807) is 6.07 Å². The van der Waals surface area contributed by atoms with Crippen molar-refractivity contribution in [1.29, 1.82) is 0 Å². The third kappa shape index (κ3) is 2.26. The molecule has 5 nitrogen and oxygen atoms in total. The van der Waals surface area contributed by atoms with E-state index < -0.39 is 5.91 Å². The lowest BCUT2D eigenvalue weighted by molar-refractivity contribution is 0.100. The maximum atomic E-state index is 11.8. The van der Waals surface area contributed by atoms with Gasteiger partial charge in [-0.1, -0.05) is 11.6 Å². The van der Waals surface area contributed by atoms with E-state index in [0.717, 1.165) is 22.0 Å². The zero-order chi connectivity index (χ0) is 16.0. The zero-order valence-electron chi connectivity index (χ0n) is 12.5. The molecule has 114 valence electrons. The molecule has 0 unspecified atom stereocenters. The normalized spacial score (nSPS) is 12.6. The van der Waals surface area contributed by atoms with Crippen LogP contribution >= 0.6 is 0 Å². The molecule has 2 aromatic carbocycles. The van der Waals surface area contributed by atoms with Gasteiger partial charge in [0.1, 0.15) is 0 Å². The van der Waals surface area contributed by atoms with Gasteiger partial charge in [-0.2, -0.15) is 0 Å². The maximum Gasteiger partial charge on any atom is 0.249 e. The number of benzene rings is 2. The van der Waals surface area contributed by atoms with Gasteiger partial charge in [-0.3, -0.25) is 4.79 Å². The Kier molecular flexibility index (Phi) is 2.94. The summed E-state index contributed by atoms with van der Waals surface area (Å²) in [6.45, 7) is 2.19. The van der Waals surface area contributed by atoms with Crippen LogP contribution < -0.4 is 15.2 Å². The zero-order valence-corrected chi connectivity index (χ0v) is 12.5. The van der Waals surface area contributed by atoms with Crippen molar-refractivity contribution in [2.24, 2.45) is 5.73 Å². The fourth-order valence-corrected chi connectivity index (χ4v) is 2.75. The molecular weight excluding hydrogens is 292 g/mol. The topological polar surface area (TPSA) is 74.4 Å². The molecule has 3 aromatic rings. The van der Waals surface area contributed by atoms with E-state index in [0.29, 0.717) is 22.8 Å². The Morgan fingerprint density at radius 1 is 1.09 bits per heavy atom. The average molecular weight is 306 g/mol. The van der Waals surface area contributed by atoms with E-state index >= 15 is 0 Å². The molecule has 0 radical (unpaired) electrons. The van der Waals surface area contributed by atoms with Gasteiger partial charge in [0.25, 0.3) is 0 Å². The second-order valence-corrected chi connectivity index (χ2v) is 5.51. The Hall–Kier alpha value is -3.08. The molecule has 0 saturated carbocycles. The highest BCUT2D eigenvalue weighted by Crippen LogP contribution is 2.36. The largest absolute Gasteiger partial charge is 0.454 e. The molecule has 23 heavy (non-hydrogen) atoms. The van der Waals surface area contributed by atoms with Crippen LogP contribution in [0.5, 0.6) is 11.5 Å². The molecule has 0 aliphatic carbocycles. The van der Waals surface area contributed by atoms with Crippen LogP contribution in [0.25, 0.3) is 22.2 Å². The molecule has 2 heterocycles. The Morgan fingerprint density at radius 2 is 1.91 bits per heavy atom. The highest BCUT2D eigenvalue weighted by Gasteiger charge is 2.16. The van der Waals surface area contributed by atoms with E-state index in [9.17, 15) is 4.79 Å². The molecule has 2 N–H and O–H groups in total. The van der Waals surface area contributed by atoms with Crippen LogP contribution in [0.1, 0.15) is 15.9 Å². The first kappa shape index (κ1) is 13.6. The van der Waals surface area contributed by atoms with Gasteiger partial charge in [-0.25, -0.2) is 4.98 Å². The molecule has 0 bridgehead atoms. The number of primary amides is 1. The minimum absolute atomic E-state index is 0.218. The van der Waals surface area contributed by atoms with Crippen LogP contribution in [0.15, 0.2) is 42.5 Å². The summed E-state index contributed by atoms with van der Waals surface area (Å²) in [5, 5.41) is 0.766. The van der Waals surface area contributed by atoms with Gasteiger partial charge in [-0.15, -0.1) is 0 Å². The van der Waals surface area contributed by atoms with Crippen molar-refractivity contribution >= 4 is 16.8 Å². The summed E-state index contributed by atoms with van der Waals surface area (Å²) in [5.41, 5.74) is 9.33. The van der Waals surface area contributed by atoms with Crippen LogP contribution in [0.4, 0.5) is 0 Å². The number of pyridine rings is 1. The van der Waals surface area contributed by atoms with Crippen LogP contribution in [0.2, 0.25) is 0 Å². The molecule has 4 rings (SSSR count). The number of amides is 1. The average Bonchev–Trinajstić information content (AvgIpc) is 3.01. The fourth-order valence-electron chi connectivity index (χ4n) is 2.75. The number of hydrogen-bond acceptors (Lipinski definition) is 4. The predicted molar refractivity (Wildman–Crippen MR) is 86.6 cm³/mol. The molecule has 0 fully saturated rings. The van der Waals surface area contributed by atoms with Crippen LogP contribution in [0, 0.1) is 6.92 Å². The summed E-state index contributed by atoms with van der Waals surface area (Å²) in [4.78, 5) is 16.5. The summed E-state index contributed by atoms with van der Waals surface area (Å²) < 4.78 is 10.7. The third-order valence-corrected chi connectivity index (χ3v) is 3.90. The minimum Gasteiger partial charge on any atom is -0.454 e. The second-order valence-electron chi connectivity index (χ2n) is 5.51. The Labute approximate surface area is 132 Å². The lowest BCUT2D eigenvalue weighted by atomic mass is 10.0. The Balaban J connectivity index is 1.94. The first-order valence-electron chi connectivity index (χ1n) is 7.23. The first-order chi connectivity index (χ1) is 11.1. The van der Waals surface area contributed by atoms with Crippen LogP contribution in [-0.2, 0) is 0 Å². The molecule has 0 saturated heterocycles. The van der Waals surface area contributed by atoms with Crippen molar-refractivity contribution in [2.75, 3.05) is 6.79 Å². The van der Waals surface area contributed by atoms with Gasteiger partial charge < -0.3 is 15.2 Å². The van der Waals surface area contributed by atoms with Gasteiger partial charge >= 0.3 is 0 Å². The number of aryl methyl sites for hydroxylation is 1. The van der Waals surface area contributed by atoms with Crippen molar-refractivity contribution in [1.82, 2.24) is 4.98 Å². The smallest absolute Gasteiger partial charge is 0.249 e. The van der Waals surface area contributed by atoms with E-state index in [-0.39, 0.29) is 6.79 Å². The Morgan fingerprint density at radius 3 is 2.74 bits per heavy atom.